The number of imide groups is 1. The number of rotatable bonds is 7. The minimum Gasteiger partial charge on any atom is -0.461 e. The summed E-state index contributed by atoms with van der Waals surface area (Å²) in [6, 6.07) is 11.7. The minimum atomic E-state index is -5.00. The van der Waals surface area contributed by atoms with Crippen LogP contribution in [0.5, 0.6) is 0 Å². The van der Waals surface area contributed by atoms with Gasteiger partial charge in [0.05, 0.1) is 6.42 Å². The quantitative estimate of drug-likeness (QED) is 0.626. The molecule has 0 N–H and O–H groups in total. The highest BCUT2D eigenvalue weighted by Crippen LogP contribution is 2.29. The van der Waals surface area contributed by atoms with Crippen molar-refractivity contribution in [2.24, 2.45) is 0 Å². The third kappa shape index (κ3) is 6.17. The van der Waals surface area contributed by atoms with Gasteiger partial charge in [0.15, 0.2) is 0 Å². The molecule has 0 radical (unpaired) electrons. The molecular formula is C22H22F3NO4. The van der Waals surface area contributed by atoms with E-state index in [9.17, 15) is 27.6 Å². The Labute approximate surface area is 172 Å². The number of halogens is 3. The van der Waals surface area contributed by atoms with Crippen LogP contribution in [0.4, 0.5) is 13.2 Å². The Hall–Kier alpha value is -3.16. The van der Waals surface area contributed by atoms with E-state index in [1.54, 1.807) is 42.5 Å². The first-order valence-electron chi connectivity index (χ1n) is 9.32. The number of amides is 2. The van der Waals surface area contributed by atoms with E-state index in [2.05, 4.69) is 0 Å². The van der Waals surface area contributed by atoms with Gasteiger partial charge >= 0.3 is 12.1 Å². The van der Waals surface area contributed by atoms with E-state index in [4.69, 9.17) is 4.74 Å². The van der Waals surface area contributed by atoms with Crippen LogP contribution < -0.4 is 0 Å². The van der Waals surface area contributed by atoms with Crippen LogP contribution in [0.15, 0.2) is 54.6 Å². The van der Waals surface area contributed by atoms with Crippen molar-refractivity contribution in [3.63, 3.8) is 0 Å². The van der Waals surface area contributed by atoms with Gasteiger partial charge in [-0.3, -0.25) is 19.3 Å². The SMILES string of the molecule is CCc1ccc(C(=O)N(C(C)=O)C(CC(=O)OCc2ccccc2)C(F)(F)F)cc1. The van der Waals surface area contributed by atoms with Crippen LogP contribution in [-0.2, 0) is 27.4 Å². The predicted molar refractivity (Wildman–Crippen MR) is 103 cm³/mol. The molecule has 0 bridgehead atoms. The second-order valence-corrected chi connectivity index (χ2v) is 6.65. The molecule has 0 saturated heterocycles. The number of hydrogen-bond acceptors (Lipinski definition) is 4. The smallest absolute Gasteiger partial charge is 0.409 e. The number of ether oxygens (including phenoxy) is 1. The summed E-state index contributed by atoms with van der Waals surface area (Å²) in [4.78, 5) is 36.8. The highest BCUT2D eigenvalue weighted by Gasteiger charge is 2.48. The molecule has 160 valence electrons. The lowest BCUT2D eigenvalue weighted by molar-refractivity contribution is -0.189. The highest BCUT2D eigenvalue weighted by atomic mass is 19.4. The third-order valence-electron chi connectivity index (χ3n) is 4.46. The number of carbonyl (C=O) groups is 3. The van der Waals surface area contributed by atoms with Crippen molar-refractivity contribution in [2.45, 2.75) is 45.5 Å². The average Bonchev–Trinajstić information content (AvgIpc) is 2.71. The fourth-order valence-corrected chi connectivity index (χ4v) is 2.83. The molecule has 0 saturated carbocycles. The summed E-state index contributed by atoms with van der Waals surface area (Å²) in [7, 11) is 0. The molecule has 5 nitrogen and oxygen atoms in total. The Balaban J connectivity index is 2.21. The van der Waals surface area contributed by atoms with Crippen molar-refractivity contribution in [3.05, 3.63) is 71.3 Å². The fourth-order valence-electron chi connectivity index (χ4n) is 2.83. The lowest BCUT2D eigenvalue weighted by atomic mass is 10.1. The van der Waals surface area contributed by atoms with Gasteiger partial charge in [-0.15, -0.1) is 0 Å². The van der Waals surface area contributed by atoms with Crippen molar-refractivity contribution in [2.75, 3.05) is 0 Å². The molecule has 2 amide bonds. The Morgan fingerprint density at radius 1 is 0.967 bits per heavy atom. The summed E-state index contributed by atoms with van der Waals surface area (Å²) in [5, 5.41) is 0. The number of aryl methyl sites for hydroxylation is 1. The average molecular weight is 421 g/mol. The molecule has 0 spiro atoms. The summed E-state index contributed by atoms with van der Waals surface area (Å²) in [5.74, 6) is -3.40. The molecular weight excluding hydrogens is 399 g/mol. The zero-order chi connectivity index (χ0) is 22.3. The second-order valence-electron chi connectivity index (χ2n) is 6.65. The van der Waals surface area contributed by atoms with Crippen LogP contribution >= 0.6 is 0 Å². The van der Waals surface area contributed by atoms with Crippen LogP contribution in [0.25, 0.3) is 0 Å². The Kier molecular flexibility index (Phi) is 7.74. The van der Waals surface area contributed by atoms with Gasteiger partial charge in [0.1, 0.15) is 12.6 Å². The molecule has 2 aromatic rings. The Morgan fingerprint density at radius 3 is 2.07 bits per heavy atom. The molecule has 30 heavy (non-hydrogen) atoms. The normalized spacial score (nSPS) is 12.2. The summed E-state index contributed by atoms with van der Waals surface area (Å²) in [6.45, 7) is 2.53. The van der Waals surface area contributed by atoms with Gasteiger partial charge < -0.3 is 4.74 Å². The molecule has 8 heteroatoms. The fraction of sp³-hybridized carbons (Fsp3) is 0.318. The Morgan fingerprint density at radius 2 is 1.57 bits per heavy atom. The van der Waals surface area contributed by atoms with E-state index in [1.807, 2.05) is 6.92 Å². The van der Waals surface area contributed by atoms with E-state index in [1.165, 1.54) is 12.1 Å². The van der Waals surface area contributed by atoms with E-state index < -0.39 is 36.4 Å². The number of hydrogen-bond donors (Lipinski definition) is 0. The van der Waals surface area contributed by atoms with Crippen LogP contribution in [0, 0.1) is 0 Å². The lowest BCUT2D eigenvalue weighted by Gasteiger charge is -2.30. The standard InChI is InChI=1S/C22H22F3NO4/c1-3-16-9-11-18(12-10-16)21(29)26(15(2)27)19(22(23,24)25)13-20(28)30-14-17-7-5-4-6-8-17/h4-12,19H,3,13-14H2,1-2H3. The molecule has 2 aromatic carbocycles. The van der Waals surface area contributed by atoms with Crippen molar-refractivity contribution in [1.82, 2.24) is 4.90 Å². The van der Waals surface area contributed by atoms with Gasteiger partial charge in [0.2, 0.25) is 5.91 Å². The van der Waals surface area contributed by atoms with Crippen LogP contribution in [-0.4, -0.2) is 34.9 Å². The number of alkyl halides is 3. The van der Waals surface area contributed by atoms with Gasteiger partial charge in [-0.05, 0) is 29.7 Å². The number of nitrogens with zero attached hydrogens (tertiary/aromatic N) is 1. The number of benzene rings is 2. The number of carbonyl (C=O) groups excluding carboxylic acids is 3. The van der Waals surface area contributed by atoms with Gasteiger partial charge in [-0.1, -0.05) is 49.4 Å². The maximum atomic E-state index is 13.7. The van der Waals surface area contributed by atoms with E-state index in [0.717, 1.165) is 12.5 Å². The third-order valence-corrected chi connectivity index (χ3v) is 4.46. The molecule has 2 rings (SSSR count). The highest BCUT2D eigenvalue weighted by molar-refractivity contribution is 6.04. The van der Waals surface area contributed by atoms with Gasteiger partial charge in [-0.2, -0.15) is 13.2 Å². The first-order chi connectivity index (χ1) is 14.1. The van der Waals surface area contributed by atoms with E-state index in [-0.39, 0.29) is 17.1 Å². The maximum absolute atomic E-state index is 13.7. The molecule has 0 aliphatic rings. The van der Waals surface area contributed by atoms with Crippen LogP contribution in [0.3, 0.4) is 0 Å². The summed E-state index contributed by atoms with van der Waals surface area (Å²) >= 11 is 0. The van der Waals surface area contributed by atoms with Crippen molar-refractivity contribution in [1.29, 1.82) is 0 Å². The molecule has 0 fully saturated rings. The topological polar surface area (TPSA) is 63.7 Å². The van der Waals surface area contributed by atoms with Crippen molar-refractivity contribution < 1.29 is 32.3 Å². The lowest BCUT2D eigenvalue weighted by Crippen LogP contribution is -2.52. The first-order valence-corrected chi connectivity index (χ1v) is 9.32. The summed E-state index contributed by atoms with van der Waals surface area (Å²) < 4.78 is 46.0. The molecule has 1 atom stereocenters. The minimum absolute atomic E-state index is 0.0741. The van der Waals surface area contributed by atoms with E-state index in [0.29, 0.717) is 12.0 Å². The Bertz CT molecular complexity index is 880. The van der Waals surface area contributed by atoms with E-state index >= 15 is 0 Å². The van der Waals surface area contributed by atoms with Crippen LogP contribution in [0.1, 0.15) is 41.8 Å². The zero-order valence-electron chi connectivity index (χ0n) is 16.6. The maximum Gasteiger partial charge on any atom is 0.409 e. The predicted octanol–water partition coefficient (Wildman–Crippen LogP) is 4.30. The molecule has 0 aliphatic carbocycles. The molecule has 0 aliphatic heterocycles. The summed E-state index contributed by atoms with van der Waals surface area (Å²) in [6.07, 6.45) is -5.51. The summed E-state index contributed by atoms with van der Waals surface area (Å²) in [5.41, 5.74) is 1.41. The van der Waals surface area contributed by atoms with Crippen molar-refractivity contribution in [3.8, 4) is 0 Å². The van der Waals surface area contributed by atoms with Gasteiger partial charge in [0.25, 0.3) is 5.91 Å². The van der Waals surface area contributed by atoms with Crippen LogP contribution in [0.2, 0.25) is 0 Å². The van der Waals surface area contributed by atoms with Crippen molar-refractivity contribution >= 4 is 17.8 Å². The second kappa shape index (κ2) is 10.0. The number of esters is 1. The largest absolute Gasteiger partial charge is 0.461 e. The zero-order valence-corrected chi connectivity index (χ0v) is 16.6. The van der Waals surface area contributed by atoms with Gasteiger partial charge in [-0.25, -0.2) is 0 Å². The first kappa shape index (κ1) is 23.1. The molecule has 0 aromatic heterocycles. The molecule has 1 unspecified atom stereocenters. The monoisotopic (exact) mass is 421 g/mol. The molecule has 0 heterocycles. The van der Waals surface area contributed by atoms with Gasteiger partial charge in [0, 0.05) is 12.5 Å².